The van der Waals surface area contributed by atoms with Crippen molar-refractivity contribution in [2.45, 2.75) is 44.9 Å². The van der Waals surface area contributed by atoms with Crippen molar-refractivity contribution in [2.75, 3.05) is 11.9 Å². The molecular weight excluding hydrogens is 303 g/mol. The zero-order chi connectivity index (χ0) is 17.3. The number of cyclic esters (lactones) is 1. The second-order valence-corrected chi connectivity index (χ2v) is 5.93. The van der Waals surface area contributed by atoms with E-state index in [4.69, 9.17) is 4.74 Å². The lowest BCUT2D eigenvalue weighted by Crippen LogP contribution is -2.55. The van der Waals surface area contributed by atoms with E-state index in [9.17, 15) is 19.1 Å². The lowest BCUT2D eigenvalue weighted by Gasteiger charge is -2.36. The van der Waals surface area contributed by atoms with Crippen molar-refractivity contribution >= 4 is 17.7 Å². The summed E-state index contributed by atoms with van der Waals surface area (Å²) in [6.45, 7) is 4.95. The summed E-state index contributed by atoms with van der Waals surface area (Å²) < 4.78 is 18.3. The van der Waals surface area contributed by atoms with Crippen molar-refractivity contribution in [3.05, 3.63) is 30.1 Å². The molecule has 1 fully saturated rings. The van der Waals surface area contributed by atoms with E-state index in [0.29, 0.717) is 12.1 Å². The van der Waals surface area contributed by atoms with Crippen molar-refractivity contribution in [3.8, 4) is 0 Å². The summed E-state index contributed by atoms with van der Waals surface area (Å²) in [5.74, 6) is -0.836. The van der Waals surface area contributed by atoms with Gasteiger partial charge >= 0.3 is 6.09 Å². The second-order valence-electron chi connectivity index (χ2n) is 5.93. The van der Waals surface area contributed by atoms with Crippen LogP contribution in [0, 0.1) is 5.82 Å². The molecular formula is C16H21FN2O4. The largest absolute Gasteiger partial charge is 0.438 e. The standard InChI is InChI=1S/C16H21FN2O4/c1-4-15(2)16(3,22)19(14(21)23-15)9-8-13(20)18-12-7-5-6-11(17)10-12/h5-7,10,22H,4,8-9H2,1-3H3,(H,18,20). The SMILES string of the molecule is CCC1(C)OC(=O)N(CCC(=O)Nc2cccc(F)c2)C1(C)O. The molecule has 1 aromatic carbocycles. The average molecular weight is 324 g/mol. The van der Waals surface area contributed by atoms with Gasteiger partial charge in [-0.05, 0) is 38.5 Å². The lowest BCUT2D eigenvalue weighted by molar-refractivity contribution is -0.139. The van der Waals surface area contributed by atoms with Crippen LogP contribution >= 0.6 is 0 Å². The van der Waals surface area contributed by atoms with E-state index >= 15 is 0 Å². The average Bonchev–Trinajstić information content (AvgIpc) is 2.63. The number of anilines is 1. The molecule has 1 aliphatic heterocycles. The highest BCUT2D eigenvalue weighted by atomic mass is 19.1. The summed E-state index contributed by atoms with van der Waals surface area (Å²) in [5, 5.41) is 13.1. The molecule has 0 saturated carbocycles. The van der Waals surface area contributed by atoms with Gasteiger partial charge in [-0.2, -0.15) is 0 Å². The maximum absolute atomic E-state index is 13.1. The molecule has 6 nitrogen and oxygen atoms in total. The Hall–Kier alpha value is -2.15. The van der Waals surface area contributed by atoms with Gasteiger partial charge in [-0.15, -0.1) is 0 Å². The molecule has 23 heavy (non-hydrogen) atoms. The number of nitrogens with one attached hydrogen (secondary N) is 1. The van der Waals surface area contributed by atoms with Crippen LogP contribution in [-0.4, -0.2) is 39.9 Å². The smallest absolute Gasteiger partial charge is 0.412 e. The minimum absolute atomic E-state index is 0.00255. The van der Waals surface area contributed by atoms with E-state index < -0.39 is 23.2 Å². The molecule has 0 aliphatic carbocycles. The van der Waals surface area contributed by atoms with Gasteiger partial charge in [0.2, 0.25) is 5.91 Å². The highest BCUT2D eigenvalue weighted by Gasteiger charge is 2.58. The number of carbonyl (C=O) groups is 2. The molecule has 0 aromatic heterocycles. The Bertz CT molecular complexity index is 620. The zero-order valence-corrected chi connectivity index (χ0v) is 13.4. The van der Waals surface area contributed by atoms with Crippen LogP contribution in [0.25, 0.3) is 0 Å². The molecule has 2 rings (SSSR count). The Morgan fingerprint density at radius 3 is 2.70 bits per heavy atom. The summed E-state index contributed by atoms with van der Waals surface area (Å²) in [6, 6.07) is 5.53. The minimum atomic E-state index is -1.50. The Labute approximate surface area is 134 Å². The molecule has 2 N–H and O–H groups in total. The van der Waals surface area contributed by atoms with Gasteiger partial charge in [-0.25, -0.2) is 9.18 Å². The summed E-state index contributed by atoms with van der Waals surface area (Å²) in [4.78, 5) is 25.0. The van der Waals surface area contributed by atoms with Gasteiger partial charge in [-0.3, -0.25) is 9.69 Å². The van der Waals surface area contributed by atoms with Crippen molar-refractivity contribution < 1.29 is 23.8 Å². The fourth-order valence-electron chi connectivity index (χ4n) is 2.53. The number of rotatable bonds is 5. The fraction of sp³-hybridized carbons (Fsp3) is 0.500. The normalized spacial score (nSPS) is 27.0. The molecule has 1 heterocycles. The molecule has 2 unspecified atom stereocenters. The Kier molecular flexibility index (Phi) is 4.61. The van der Waals surface area contributed by atoms with E-state index in [2.05, 4.69) is 5.32 Å². The number of halogens is 1. The Morgan fingerprint density at radius 2 is 2.13 bits per heavy atom. The number of ether oxygens (including phenoxy) is 1. The number of benzene rings is 1. The van der Waals surface area contributed by atoms with E-state index in [1.165, 1.54) is 25.1 Å². The predicted molar refractivity (Wildman–Crippen MR) is 82.2 cm³/mol. The van der Waals surface area contributed by atoms with Crippen LogP contribution in [-0.2, 0) is 9.53 Å². The second kappa shape index (κ2) is 6.16. The molecule has 1 saturated heterocycles. The molecule has 7 heteroatoms. The van der Waals surface area contributed by atoms with Crippen LogP contribution in [0.1, 0.15) is 33.6 Å². The highest BCUT2D eigenvalue weighted by Crippen LogP contribution is 2.39. The maximum atomic E-state index is 13.1. The van der Waals surface area contributed by atoms with Crippen molar-refractivity contribution in [3.63, 3.8) is 0 Å². The van der Waals surface area contributed by atoms with Crippen LogP contribution in [0.2, 0.25) is 0 Å². The van der Waals surface area contributed by atoms with Crippen LogP contribution in [0.3, 0.4) is 0 Å². The first-order valence-corrected chi connectivity index (χ1v) is 7.48. The summed E-state index contributed by atoms with van der Waals surface area (Å²) in [6.07, 6.45) is -0.253. The van der Waals surface area contributed by atoms with Crippen molar-refractivity contribution in [2.24, 2.45) is 0 Å². The number of hydrogen-bond donors (Lipinski definition) is 2. The van der Waals surface area contributed by atoms with E-state index in [0.717, 1.165) is 4.90 Å². The summed E-state index contributed by atoms with van der Waals surface area (Å²) >= 11 is 0. The third kappa shape index (κ3) is 3.29. The molecule has 2 amide bonds. The van der Waals surface area contributed by atoms with Crippen molar-refractivity contribution in [1.82, 2.24) is 4.90 Å². The van der Waals surface area contributed by atoms with Crippen LogP contribution in [0.15, 0.2) is 24.3 Å². The van der Waals surface area contributed by atoms with Crippen LogP contribution in [0.5, 0.6) is 0 Å². The number of hydrogen-bond acceptors (Lipinski definition) is 4. The van der Waals surface area contributed by atoms with Gasteiger partial charge in [0.15, 0.2) is 11.3 Å². The van der Waals surface area contributed by atoms with Crippen LogP contribution < -0.4 is 5.32 Å². The molecule has 126 valence electrons. The van der Waals surface area contributed by atoms with Gasteiger partial charge in [0.25, 0.3) is 0 Å². The highest BCUT2D eigenvalue weighted by molar-refractivity contribution is 5.91. The molecule has 0 bridgehead atoms. The van der Waals surface area contributed by atoms with Crippen LogP contribution in [0.4, 0.5) is 14.9 Å². The van der Waals surface area contributed by atoms with Crippen molar-refractivity contribution in [1.29, 1.82) is 0 Å². The summed E-state index contributed by atoms with van der Waals surface area (Å²) in [7, 11) is 0. The molecule has 2 atom stereocenters. The minimum Gasteiger partial charge on any atom is -0.438 e. The third-order valence-electron chi connectivity index (χ3n) is 4.41. The van der Waals surface area contributed by atoms with E-state index in [-0.39, 0.29) is 18.9 Å². The first-order chi connectivity index (χ1) is 10.7. The maximum Gasteiger partial charge on any atom is 0.412 e. The molecule has 0 radical (unpaired) electrons. The molecule has 1 aliphatic rings. The number of amides is 2. The van der Waals surface area contributed by atoms with Gasteiger partial charge in [0.05, 0.1) is 0 Å². The first kappa shape index (κ1) is 17.2. The van der Waals surface area contributed by atoms with Gasteiger partial charge < -0.3 is 15.2 Å². The predicted octanol–water partition coefficient (Wildman–Crippen LogP) is 2.48. The topological polar surface area (TPSA) is 78.9 Å². The monoisotopic (exact) mass is 324 g/mol. The lowest BCUT2D eigenvalue weighted by atomic mass is 9.91. The zero-order valence-electron chi connectivity index (χ0n) is 13.4. The van der Waals surface area contributed by atoms with Gasteiger partial charge in [0, 0.05) is 18.7 Å². The number of nitrogens with zero attached hydrogens (tertiary/aromatic N) is 1. The van der Waals surface area contributed by atoms with Gasteiger partial charge in [-0.1, -0.05) is 13.0 Å². The fourth-order valence-corrected chi connectivity index (χ4v) is 2.53. The molecule has 0 spiro atoms. The van der Waals surface area contributed by atoms with E-state index in [1.807, 2.05) is 6.92 Å². The van der Waals surface area contributed by atoms with E-state index in [1.54, 1.807) is 13.0 Å². The number of aliphatic hydroxyl groups is 1. The number of carbonyl (C=O) groups excluding carboxylic acids is 2. The molecule has 1 aromatic rings. The first-order valence-electron chi connectivity index (χ1n) is 7.48. The Balaban J connectivity index is 1.97. The summed E-state index contributed by atoms with van der Waals surface area (Å²) in [5.41, 5.74) is -2.19. The Morgan fingerprint density at radius 1 is 1.43 bits per heavy atom. The third-order valence-corrected chi connectivity index (χ3v) is 4.41. The quantitative estimate of drug-likeness (QED) is 0.872. The van der Waals surface area contributed by atoms with Gasteiger partial charge in [0.1, 0.15) is 5.82 Å².